The van der Waals surface area contributed by atoms with Crippen molar-refractivity contribution in [1.82, 2.24) is 5.43 Å². The summed E-state index contributed by atoms with van der Waals surface area (Å²) in [6.45, 7) is 1.59. The van der Waals surface area contributed by atoms with Crippen molar-refractivity contribution >= 4 is 12.1 Å². The highest BCUT2D eigenvalue weighted by Crippen LogP contribution is 2.30. The average molecular weight is 296 g/mol. The van der Waals surface area contributed by atoms with Gasteiger partial charge in [0.05, 0.1) is 23.6 Å². The monoisotopic (exact) mass is 296 g/mol. The van der Waals surface area contributed by atoms with E-state index in [2.05, 4.69) is 10.5 Å². The minimum atomic E-state index is -4.48. The normalized spacial score (nSPS) is 11.8. The first kappa shape index (κ1) is 14.8. The minimum absolute atomic E-state index is 0.130. The van der Waals surface area contributed by atoms with Gasteiger partial charge in [-0.05, 0) is 19.1 Å². The molecule has 0 aliphatic carbocycles. The Bertz CT molecular complexity index is 675. The van der Waals surface area contributed by atoms with Gasteiger partial charge in [-0.1, -0.05) is 18.2 Å². The van der Waals surface area contributed by atoms with Gasteiger partial charge in [0.15, 0.2) is 0 Å². The second kappa shape index (κ2) is 5.82. The molecule has 21 heavy (non-hydrogen) atoms. The summed E-state index contributed by atoms with van der Waals surface area (Å²) < 4.78 is 43.2. The number of furan rings is 1. The molecule has 0 atom stereocenters. The molecule has 2 aromatic rings. The van der Waals surface area contributed by atoms with E-state index in [9.17, 15) is 18.0 Å². The number of hydrazone groups is 1. The molecule has 1 heterocycles. The van der Waals surface area contributed by atoms with Gasteiger partial charge in [0.2, 0.25) is 0 Å². The Morgan fingerprint density at radius 1 is 1.29 bits per heavy atom. The van der Waals surface area contributed by atoms with Crippen LogP contribution < -0.4 is 5.43 Å². The van der Waals surface area contributed by atoms with E-state index in [1.807, 2.05) is 0 Å². The third kappa shape index (κ3) is 3.50. The van der Waals surface area contributed by atoms with Crippen molar-refractivity contribution in [3.05, 3.63) is 59.0 Å². The van der Waals surface area contributed by atoms with Crippen molar-refractivity contribution in [2.24, 2.45) is 5.10 Å². The minimum Gasteiger partial charge on any atom is -0.469 e. The van der Waals surface area contributed by atoms with Gasteiger partial charge in [0.25, 0.3) is 5.91 Å². The average Bonchev–Trinajstić information content (AvgIpc) is 2.84. The number of rotatable bonds is 3. The zero-order valence-electron chi connectivity index (χ0n) is 10.9. The number of aryl methyl sites for hydroxylation is 1. The first-order valence-corrected chi connectivity index (χ1v) is 5.93. The predicted molar refractivity (Wildman–Crippen MR) is 69.9 cm³/mol. The molecule has 0 radical (unpaired) electrons. The maximum Gasteiger partial charge on any atom is 0.417 e. The van der Waals surface area contributed by atoms with Crippen LogP contribution in [0.3, 0.4) is 0 Å². The largest absolute Gasteiger partial charge is 0.469 e. The van der Waals surface area contributed by atoms with Gasteiger partial charge in [0.1, 0.15) is 5.76 Å². The fraction of sp³-hybridized carbons (Fsp3) is 0.143. The van der Waals surface area contributed by atoms with Crippen LogP contribution in [0, 0.1) is 6.92 Å². The zero-order valence-corrected chi connectivity index (χ0v) is 10.9. The highest BCUT2D eigenvalue weighted by Gasteiger charge is 2.32. The Morgan fingerprint density at radius 3 is 2.62 bits per heavy atom. The van der Waals surface area contributed by atoms with Gasteiger partial charge in [-0.2, -0.15) is 18.3 Å². The van der Waals surface area contributed by atoms with Crippen LogP contribution in [0.1, 0.15) is 27.2 Å². The van der Waals surface area contributed by atoms with E-state index in [0.717, 1.165) is 12.3 Å². The van der Waals surface area contributed by atoms with Gasteiger partial charge in [-0.25, -0.2) is 5.43 Å². The van der Waals surface area contributed by atoms with Crippen molar-refractivity contribution in [3.8, 4) is 0 Å². The fourth-order valence-electron chi connectivity index (χ4n) is 1.71. The molecule has 1 aromatic heterocycles. The van der Waals surface area contributed by atoms with Crippen LogP contribution in [0.25, 0.3) is 0 Å². The van der Waals surface area contributed by atoms with Crippen LogP contribution in [-0.4, -0.2) is 12.1 Å². The summed E-state index contributed by atoms with van der Waals surface area (Å²) >= 11 is 0. The molecule has 0 aliphatic heterocycles. The van der Waals surface area contributed by atoms with E-state index >= 15 is 0 Å². The van der Waals surface area contributed by atoms with E-state index < -0.39 is 17.6 Å². The SMILES string of the molecule is Cc1occc1C(=O)N/N=C\c1ccccc1C(F)(F)F. The summed E-state index contributed by atoms with van der Waals surface area (Å²) in [5.74, 6) is -0.152. The van der Waals surface area contributed by atoms with E-state index in [0.29, 0.717) is 5.76 Å². The van der Waals surface area contributed by atoms with Gasteiger partial charge < -0.3 is 4.42 Å². The summed E-state index contributed by atoms with van der Waals surface area (Å²) in [6, 6.07) is 6.40. The Morgan fingerprint density at radius 2 is 2.00 bits per heavy atom. The summed E-state index contributed by atoms with van der Waals surface area (Å²) in [7, 11) is 0. The lowest BCUT2D eigenvalue weighted by atomic mass is 10.1. The van der Waals surface area contributed by atoms with Gasteiger partial charge in [0, 0.05) is 5.56 Å². The highest BCUT2D eigenvalue weighted by atomic mass is 19.4. The lowest BCUT2D eigenvalue weighted by molar-refractivity contribution is -0.137. The fourth-order valence-corrected chi connectivity index (χ4v) is 1.71. The molecule has 0 spiro atoms. The number of hydrogen-bond acceptors (Lipinski definition) is 3. The molecule has 2 rings (SSSR count). The van der Waals surface area contributed by atoms with Crippen LogP contribution in [-0.2, 0) is 6.18 Å². The molecule has 0 aliphatic rings. The lowest BCUT2D eigenvalue weighted by Crippen LogP contribution is -2.18. The molecule has 7 heteroatoms. The Hall–Kier alpha value is -2.57. The number of amides is 1. The Balaban J connectivity index is 2.13. The Labute approximate surface area is 118 Å². The van der Waals surface area contributed by atoms with Crippen LogP contribution >= 0.6 is 0 Å². The molecule has 110 valence electrons. The molecule has 1 N–H and O–H groups in total. The molecule has 0 fully saturated rings. The number of halogens is 3. The third-order valence-electron chi connectivity index (χ3n) is 2.74. The molecule has 1 amide bonds. The predicted octanol–water partition coefficient (Wildman–Crippen LogP) is 3.37. The van der Waals surface area contributed by atoms with Gasteiger partial charge in [-0.15, -0.1) is 0 Å². The van der Waals surface area contributed by atoms with Crippen molar-refractivity contribution in [3.63, 3.8) is 0 Å². The molecule has 0 saturated heterocycles. The first-order valence-electron chi connectivity index (χ1n) is 5.93. The molecule has 0 unspecified atom stereocenters. The first-order chi connectivity index (χ1) is 9.89. The number of alkyl halides is 3. The zero-order chi connectivity index (χ0) is 15.5. The third-order valence-corrected chi connectivity index (χ3v) is 2.74. The molecular formula is C14H11F3N2O2. The van der Waals surface area contributed by atoms with Crippen LogP contribution in [0.2, 0.25) is 0 Å². The molecule has 4 nitrogen and oxygen atoms in total. The summed E-state index contributed by atoms with van der Waals surface area (Å²) in [6.07, 6.45) is -2.18. The summed E-state index contributed by atoms with van der Waals surface area (Å²) in [5, 5.41) is 3.55. The standard InChI is InChI=1S/C14H11F3N2O2/c1-9-11(6-7-21-9)13(20)19-18-8-10-4-2-3-5-12(10)14(15,16)17/h2-8H,1H3,(H,19,20)/b18-8-. The molecular weight excluding hydrogens is 285 g/mol. The second-order valence-electron chi connectivity index (χ2n) is 4.17. The van der Waals surface area contributed by atoms with Crippen molar-refractivity contribution in [1.29, 1.82) is 0 Å². The summed E-state index contributed by atoms with van der Waals surface area (Å²) in [4.78, 5) is 11.7. The Kier molecular flexibility index (Phi) is 4.11. The van der Waals surface area contributed by atoms with E-state index in [-0.39, 0.29) is 11.1 Å². The van der Waals surface area contributed by atoms with E-state index in [1.165, 1.54) is 30.5 Å². The summed E-state index contributed by atoms with van der Waals surface area (Å²) in [5.41, 5.74) is 1.48. The van der Waals surface area contributed by atoms with Crippen LogP contribution in [0.15, 0.2) is 46.1 Å². The lowest BCUT2D eigenvalue weighted by Gasteiger charge is -2.09. The van der Waals surface area contributed by atoms with Crippen LogP contribution in [0.4, 0.5) is 13.2 Å². The maximum absolute atomic E-state index is 12.7. The number of benzene rings is 1. The molecule has 1 aromatic carbocycles. The number of nitrogens with one attached hydrogen (secondary N) is 1. The number of hydrogen-bond donors (Lipinski definition) is 1. The quantitative estimate of drug-likeness (QED) is 0.697. The van der Waals surface area contributed by atoms with E-state index in [1.54, 1.807) is 6.92 Å². The van der Waals surface area contributed by atoms with Gasteiger partial charge >= 0.3 is 6.18 Å². The van der Waals surface area contributed by atoms with Gasteiger partial charge in [-0.3, -0.25) is 4.79 Å². The van der Waals surface area contributed by atoms with Crippen molar-refractivity contribution in [2.45, 2.75) is 13.1 Å². The second-order valence-corrected chi connectivity index (χ2v) is 4.17. The number of carbonyl (C=O) groups is 1. The van der Waals surface area contributed by atoms with E-state index in [4.69, 9.17) is 4.42 Å². The van der Waals surface area contributed by atoms with Crippen molar-refractivity contribution in [2.75, 3.05) is 0 Å². The molecule has 0 bridgehead atoms. The topological polar surface area (TPSA) is 54.6 Å². The smallest absolute Gasteiger partial charge is 0.417 e. The van der Waals surface area contributed by atoms with Crippen molar-refractivity contribution < 1.29 is 22.4 Å². The maximum atomic E-state index is 12.7. The number of nitrogens with zero attached hydrogens (tertiary/aromatic N) is 1. The highest BCUT2D eigenvalue weighted by molar-refractivity contribution is 5.95. The molecule has 0 saturated carbocycles. The number of carbonyl (C=O) groups excluding carboxylic acids is 1. The van der Waals surface area contributed by atoms with Crippen LogP contribution in [0.5, 0.6) is 0 Å².